The van der Waals surface area contributed by atoms with Crippen molar-refractivity contribution in [1.82, 2.24) is 15.6 Å². The third kappa shape index (κ3) is 5.30. The number of alkyl halides is 3. The summed E-state index contributed by atoms with van der Waals surface area (Å²) in [6.07, 6.45) is -1.24. The Balaban J connectivity index is 1.79. The average molecular weight is 351 g/mol. The molecule has 8 heteroatoms. The van der Waals surface area contributed by atoms with Crippen LogP contribution in [-0.4, -0.2) is 29.9 Å². The van der Waals surface area contributed by atoms with Gasteiger partial charge in [0.25, 0.3) is 11.8 Å². The van der Waals surface area contributed by atoms with Gasteiger partial charge < -0.3 is 10.6 Å². The number of carbonyl (C=O) groups excluding carboxylic acids is 2. The number of benzene rings is 1. The molecule has 1 aromatic heterocycles. The smallest absolute Gasteiger partial charge is 0.352 e. The molecule has 5 nitrogen and oxygen atoms in total. The molecule has 1 heterocycles. The molecule has 2 aromatic rings. The Kier molecular flexibility index (Phi) is 6.10. The predicted molar refractivity (Wildman–Crippen MR) is 85.0 cm³/mol. The molecule has 0 aliphatic rings. The van der Waals surface area contributed by atoms with Gasteiger partial charge in [0.1, 0.15) is 0 Å². The quantitative estimate of drug-likeness (QED) is 0.786. The van der Waals surface area contributed by atoms with E-state index in [0.717, 1.165) is 12.1 Å². The maximum atomic E-state index is 12.9. The number of amides is 2. The molecule has 0 unspecified atom stereocenters. The van der Waals surface area contributed by atoms with Crippen LogP contribution in [0.5, 0.6) is 0 Å². The van der Waals surface area contributed by atoms with E-state index in [1.165, 1.54) is 18.3 Å². The SMILES string of the molecule is O=C(NCCCNC(=O)c1ccccc1C(F)(F)F)c1cccnc1. The molecule has 0 fully saturated rings. The van der Waals surface area contributed by atoms with Crippen LogP contribution in [0.4, 0.5) is 13.2 Å². The van der Waals surface area contributed by atoms with Gasteiger partial charge in [-0.05, 0) is 30.7 Å². The van der Waals surface area contributed by atoms with Gasteiger partial charge in [-0.3, -0.25) is 14.6 Å². The molecule has 0 radical (unpaired) electrons. The van der Waals surface area contributed by atoms with Gasteiger partial charge in [0.2, 0.25) is 0 Å². The molecule has 0 spiro atoms. The topological polar surface area (TPSA) is 71.1 Å². The molecule has 0 bridgehead atoms. The Morgan fingerprint density at radius 1 is 0.960 bits per heavy atom. The summed E-state index contributed by atoms with van der Waals surface area (Å²) in [4.78, 5) is 27.5. The normalized spacial score (nSPS) is 11.0. The van der Waals surface area contributed by atoms with E-state index in [2.05, 4.69) is 15.6 Å². The molecule has 2 amide bonds. The van der Waals surface area contributed by atoms with Crippen molar-refractivity contribution in [3.05, 3.63) is 65.5 Å². The van der Waals surface area contributed by atoms with Crippen molar-refractivity contribution in [2.24, 2.45) is 0 Å². The molecule has 0 aliphatic carbocycles. The molecular weight excluding hydrogens is 335 g/mol. The largest absolute Gasteiger partial charge is 0.417 e. The number of aromatic nitrogens is 1. The molecule has 0 atom stereocenters. The zero-order valence-corrected chi connectivity index (χ0v) is 13.1. The van der Waals surface area contributed by atoms with Gasteiger partial charge >= 0.3 is 6.18 Å². The molecule has 0 saturated carbocycles. The lowest BCUT2D eigenvalue weighted by molar-refractivity contribution is -0.137. The van der Waals surface area contributed by atoms with Crippen LogP contribution in [0, 0.1) is 0 Å². The second kappa shape index (κ2) is 8.27. The molecule has 132 valence electrons. The fraction of sp³-hybridized carbons (Fsp3) is 0.235. The first-order valence-electron chi connectivity index (χ1n) is 7.52. The number of nitrogens with one attached hydrogen (secondary N) is 2. The van der Waals surface area contributed by atoms with E-state index >= 15 is 0 Å². The van der Waals surface area contributed by atoms with Gasteiger partial charge in [0.05, 0.1) is 16.7 Å². The first kappa shape index (κ1) is 18.4. The van der Waals surface area contributed by atoms with Crippen LogP contribution < -0.4 is 10.6 Å². The van der Waals surface area contributed by atoms with E-state index in [0.29, 0.717) is 12.0 Å². The van der Waals surface area contributed by atoms with E-state index in [4.69, 9.17) is 0 Å². The van der Waals surface area contributed by atoms with Crippen molar-refractivity contribution in [3.63, 3.8) is 0 Å². The van der Waals surface area contributed by atoms with Crippen LogP contribution in [0.2, 0.25) is 0 Å². The zero-order chi connectivity index (χ0) is 18.3. The second-order valence-electron chi connectivity index (χ2n) is 5.15. The summed E-state index contributed by atoms with van der Waals surface area (Å²) >= 11 is 0. The summed E-state index contributed by atoms with van der Waals surface area (Å²) in [5.41, 5.74) is -0.989. The molecule has 2 rings (SSSR count). The maximum absolute atomic E-state index is 12.9. The Labute approximate surface area is 142 Å². The number of halogens is 3. The van der Waals surface area contributed by atoms with E-state index in [1.54, 1.807) is 18.3 Å². The third-order valence-electron chi connectivity index (χ3n) is 3.33. The monoisotopic (exact) mass is 351 g/mol. The highest BCUT2D eigenvalue weighted by atomic mass is 19.4. The second-order valence-corrected chi connectivity index (χ2v) is 5.15. The number of hydrogen-bond acceptors (Lipinski definition) is 3. The lowest BCUT2D eigenvalue weighted by Gasteiger charge is -2.12. The maximum Gasteiger partial charge on any atom is 0.417 e. The van der Waals surface area contributed by atoms with Crippen LogP contribution in [0.25, 0.3) is 0 Å². The average Bonchev–Trinajstić information content (AvgIpc) is 2.61. The van der Waals surface area contributed by atoms with E-state index in [1.807, 2.05) is 0 Å². The highest BCUT2D eigenvalue weighted by molar-refractivity contribution is 5.96. The minimum Gasteiger partial charge on any atom is -0.352 e. The Bertz CT molecular complexity index is 733. The van der Waals surface area contributed by atoms with E-state index in [9.17, 15) is 22.8 Å². The number of rotatable bonds is 6. The lowest BCUT2D eigenvalue weighted by atomic mass is 10.1. The van der Waals surface area contributed by atoms with Crippen LogP contribution in [0.3, 0.4) is 0 Å². The fourth-order valence-electron chi connectivity index (χ4n) is 2.11. The third-order valence-corrected chi connectivity index (χ3v) is 3.33. The standard InChI is InChI=1S/C17H16F3N3O2/c18-17(19,20)14-7-2-1-6-13(14)16(25)23-10-4-9-22-15(24)12-5-3-8-21-11-12/h1-3,5-8,11H,4,9-10H2,(H,22,24)(H,23,25). The van der Waals surface area contributed by atoms with E-state index < -0.39 is 23.2 Å². The summed E-state index contributed by atoms with van der Waals surface area (Å²) in [7, 11) is 0. The van der Waals surface area contributed by atoms with Crippen LogP contribution in [0.15, 0.2) is 48.8 Å². The summed E-state index contributed by atoms with van der Waals surface area (Å²) in [5.74, 6) is -1.10. The number of pyridine rings is 1. The lowest BCUT2D eigenvalue weighted by Crippen LogP contribution is -2.31. The highest BCUT2D eigenvalue weighted by Crippen LogP contribution is 2.31. The summed E-state index contributed by atoms with van der Waals surface area (Å²) in [6, 6.07) is 7.84. The number of carbonyl (C=O) groups is 2. The first-order valence-corrected chi connectivity index (χ1v) is 7.52. The van der Waals surface area contributed by atoms with Crippen molar-refractivity contribution in [2.45, 2.75) is 12.6 Å². The number of nitrogens with zero attached hydrogens (tertiary/aromatic N) is 1. The molecule has 0 saturated heterocycles. The van der Waals surface area contributed by atoms with Crippen molar-refractivity contribution in [3.8, 4) is 0 Å². The van der Waals surface area contributed by atoms with Gasteiger partial charge in [0, 0.05) is 25.5 Å². The van der Waals surface area contributed by atoms with Crippen LogP contribution in [0.1, 0.15) is 32.7 Å². The Hall–Kier alpha value is -2.90. The molecule has 25 heavy (non-hydrogen) atoms. The summed E-state index contributed by atoms with van der Waals surface area (Å²) in [6.45, 7) is 0.410. The van der Waals surface area contributed by atoms with Crippen LogP contribution in [-0.2, 0) is 6.18 Å². The zero-order valence-electron chi connectivity index (χ0n) is 13.1. The molecule has 1 aromatic carbocycles. The minimum absolute atomic E-state index is 0.137. The van der Waals surface area contributed by atoms with Gasteiger partial charge in [0.15, 0.2) is 0 Å². The minimum atomic E-state index is -4.59. The van der Waals surface area contributed by atoms with Gasteiger partial charge in [-0.25, -0.2) is 0 Å². The van der Waals surface area contributed by atoms with Crippen molar-refractivity contribution < 1.29 is 22.8 Å². The number of hydrogen-bond donors (Lipinski definition) is 2. The summed E-state index contributed by atoms with van der Waals surface area (Å²) in [5, 5.41) is 5.06. The predicted octanol–water partition coefficient (Wildman–Crippen LogP) is 2.65. The molecule has 2 N–H and O–H groups in total. The Morgan fingerprint density at radius 3 is 2.28 bits per heavy atom. The van der Waals surface area contributed by atoms with Crippen molar-refractivity contribution in [1.29, 1.82) is 0 Å². The van der Waals surface area contributed by atoms with Crippen LogP contribution >= 0.6 is 0 Å². The molecule has 0 aliphatic heterocycles. The molecular formula is C17H16F3N3O2. The van der Waals surface area contributed by atoms with Gasteiger partial charge in [-0.1, -0.05) is 12.1 Å². The van der Waals surface area contributed by atoms with E-state index in [-0.39, 0.29) is 19.0 Å². The van der Waals surface area contributed by atoms with Gasteiger partial charge in [-0.2, -0.15) is 13.2 Å². The highest BCUT2D eigenvalue weighted by Gasteiger charge is 2.34. The van der Waals surface area contributed by atoms with Crippen molar-refractivity contribution >= 4 is 11.8 Å². The first-order chi connectivity index (χ1) is 11.9. The van der Waals surface area contributed by atoms with Gasteiger partial charge in [-0.15, -0.1) is 0 Å². The van der Waals surface area contributed by atoms with Crippen molar-refractivity contribution in [2.75, 3.05) is 13.1 Å². The summed E-state index contributed by atoms with van der Waals surface area (Å²) < 4.78 is 38.6. The fourth-order valence-corrected chi connectivity index (χ4v) is 2.11. The Morgan fingerprint density at radius 2 is 1.64 bits per heavy atom.